The predicted octanol–water partition coefficient (Wildman–Crippen LogP) is -2.34. The third kappa shape index (κ3) is 11.5. The SMILES string of the molecule is CC(C)CC(NC(=O)C(CCC(N)=O)NC(=O)C(C)NC(=O)C(N)CC(=O)O)C(=O)O. The number of amides is 4. The number of carbonyl (C=O) groups excluding carboxylic acids is 4. The number of rotatable bonds is 14. The van der Waals surface area contributed by atoms with E-state index in [4.69, 9.17) is 16.6 Å². The first-order valence-electron chi connectivity index (χ1n) is 9.64. The summed E-state index contributed by atoms with van der Waals surface area (Å²) in [5.74, 6) is -5.85. The van der Waals surface area contributed by atoms with Gasteiger partial charge < -0.3 is 37.6 Å². The first-order valence-corrected chi connectivity index (χ1v) is 9.64. The lowest BCUT2D eigenvalue weighted by Crippen LogP contribution is -2.56. The Morgan fingerprint density at radius 3 is 1.84 bits per heavy atom. The number of carboxylic acid groups (broad SMARTS) is 2. The zero-order chi connectivity index (χ0) is 24.3. The molecule has 0 aromatic rings. The monoisotopic (exact) mass is 445 g/mol. The highest BCUT2D eigenvalue weighted by Crippen LogP contribution is 2.07. The first kappa shape index (κ1) is 27.8. The van der Waals surface area contributed by atoms with E-state index in [1.54, 1.807) is 13.8 Å². The molecule has 31 heavy (non-hydrogen) atoms. The third-order valence-corrected chi connectivity index (χ3v) is 4.12. The second-order valence-electron chi connectivity index (χ2n) is 7.53. The maximum absolute atomic E-state index is 12.5. The Labute approximate surface area is 179 Å². The molecule has 4 unspecified atom stereocenters. The maximum atomic E-state index is 12.5. The Hall–Kier alpha value is -3.22. The molecule has 0 bridgehead atoms. The molecule has 0 heterocycles. The average Bonchev–Trinajstić information content (AvgIpc) is 2.62. The summed E-state index contributed by atoms with van der Waals surface area (Å²) >= 11 is 0. The Balaban J connectivity index is 5.19. The highest BCUT2D eigenvalue weighted by Gasteiger charge is 2.29. The topological polar surface area (TPSA) is 231 Å². The fraction of sp³-hybridized carbons (Fsp3) is 0.667. The second-order valence-corrected chi connectivity index (χ2v) is 7.53. The molecular weight excluding hydrogens is 414 g/mol. The predicted molar refractivity (Wildman–Crippen MR) is 107 cm³/mol. The van der Waals surface area contributed by atoms with Crippen LogP contribution in [0.2, 0.25) is 0 Å². The number of hydrogen-bond donors (Lipinski definition) is 7. The molecule has 0 saturated heterocycles. The van der Waals surface area contributed by atoms with Crippen molar-refractivity contribution in [1.29, 1.82) is 0 Å². The average molecular weight is 445 g/mol. The summed E-state index contributed by atoms with van der Waals surface area (Å²) in [5.41, 5.74) is 10.5. The minimum absolute atomic E-state index is 0.0368. The van der Waals surface area contributed by atoms with E-state index in [0.29, 0.717) is 0 Å². The number of primary amides is 1. The van der Waals surface area contributed by atoms with E-state index < -0.39 is 66.2 Å². The molecule has 4 atom stereocenters. The molecule has 0 fully saturated rings. The number of carbonyl (C=O) groups is 6. The van der Waals surface area contributed by atoms with Gasteiger partial charge in [-0.1, -0.05) is 13.8 Å². The summed E-state index contributed by atoms with van der Waals surface area (Å²) in [6, 6.07) is -5.07. The number of aliphatic carboxylic acids is 2. The Kier molecular flexibility index (Phi) is 11.8. The van der Waals surface area contributed by atoms with Gasteiger partial charge in [0.25, 0.3) is 0 Å². The molecule has 9 N–H and O–H groups in total. The van der Waals surface area contributed by atoms with Crippen LogP contribution in [-0.2, 0) is 28.8 Å². The lowest BCUT2D eigenvalue weighted by molar-refractivity contribution is -0.143. The van der Waals surface area contributed by atoms with E-state index in [1.807, 2.05) is 0 Å². The van der Waals surface area contributed by atoms with E-state index in [0.717, 1.165) is 0 Å². The van der Waals surface area contributed by atoms with Crippen LogP contribution in [-0.4, -0.2) is 69.9 Å². The van der Waals surface area contributed by atoms with E-state index in [1.165, 1.54) is 6.92 Å². The van der Waals surface area contributed by atoms with E-state index in [2.05, 4.69) is 16.0 Å². The fourth-order valence-electron chi connectivity index (χ4n) is 2.48. The van der Waals surface area contributed by atoms with E-state index in [-0.39, 0.29) is 25.2 Å². The Bertz CT molecular complexity index is 696. The summed E-state index contributed by atoms with van der Waals surface area (Å²) in [4.78, 5) is 69.9. The normalized spacial score (nSPS) is 14.6. The lowest BCUT2D eigenvalue weighted by Gasteiger charge is -2.24. The molecule has 0 aliphatic rings. The van der Waals surface area contributed by atoms with Gasteiger partial charge in [0.2, 0.25) is 23.6 Å². The number of nitrogens with one attached hydrogen (secondary N) is 3. The molecule has 0 saturated carbocycles. The molecule has 13 heteroatoms. The molecule has 0 aromatic carbocycles. The highest BCUT2D eigenvalue weighted by atomic mass is 16.4. The Morgan fingerprint density at radius 1 is 0.839 bits per heavy atom. The van der Waals surface area contributed by atoms with Crippen LogP contribution < -0.4 is 27.4 Å². The third-order valence-electron chi connectivity index (χ3n) is 4.12. The van der Waals surface area contributed by atoms with Crippen molar-refractivity contribution < 1.29 is 39.0 Å². The molecular formula is C18H31N5O8. The summed E-state index contributed by atoms with van der Waals surface area (Å²) in [6.45, 7) is 4.82. The van der Waals surface area contributed by atoms with Gasteiger partial charge in [-0.3, -0.25) is 24.0 Å². The summed E-state index contributed by atoms with van der Waals surface area (Å²) in [5, 5.41) is 24.8. The molecule has 0 radical (unpaired) electrons. The minimum Gasteiger partial charge on any atom is -0.481 e. The zero-order valence-electron chi connectivity index (χ0n) is 17.7. The molecule has 0 aromatic heterocycles. The van der Waals surface area contributed by atoms with Gasteiger partial charge in [-0.15, -0.1) is 0 Å². The second kappa shape index (κ2) is 13.2. The first-order chi connectivity index (χ1) is 14.2. The van der Waals surface area contributed by atoms with Crippen LogP contribution in [0.15, 0.2) is 0 Å². The molecule has 13 nitrogen and oxygen atoms in total. The van der Waals surface area contributed by atoms with Gasteiger partial charge in [0.15, 0.2) is 0 Å². The van der Waals surface area contributed by atoms with Crippen LogP contribution in [0.5, 0.6) is 0 Å². The maximum Gasteiger partial charge on any atom is 0.326 e. The fourth-order valence-corrected chi connectivity index (χ4v) is 2.48. The standard InChI is InChI=1S/C18H31N5O8/c1-8(2)6-12(18(30)31)23-17(29)11(4-5-13(20)24)22-15(27)9(3)21-16(28)10(19)7-14(25)26/h8-12H,4-7,19H2,1-3H3,(H2,20,24)(H,21,28)(H,22,27)(H,23,29)(H,25,26)(H,30,31). The van der Waals surface area contributed by atoms with Crippen LogP contribution in [0, 0.1) is 5.92 Å². The van der Waals surface area contributed by atoms with Gasteiger partial charge in [-0.2, -0.15) is 0 Å². The summed E-state index contributed by atoms with van der Waals surface area (Å²) < 4.78 is 0. The van der Waals surface area contributed by atoms with Crippen molar-refractivity contribution in [1.82, 2.24) is 16.0 Å². The van der Waals surface area contributed by atoms with Gasteiger partial charge in [-0.05, 0) is 25.7 Å². The highest BCUT2D eigenvalue weighted by molar-refractivity contribution is 5.94. The minimum atomic E-state index is -1.38. The van der Waals surface area contributed by atoms with E-state index in [9.17, 15) is 33.9 Å². The smallest absolute Gasteiger partial charge is 0.326 e. The van der Waals surface area contributed by atoms with E-state index >= 15 is 0 Å². The molecule has 0 spiro atoms. The quantitative estimate of drug-likeness (QED) is 0.151. The largest absolute Gasteiger partial charge is 0.481 e. The molecule has 4 amide bonds. The van der Waals surface area contributed by atoms with Crippen molar-refractivity contribution >= 4 is 35.6 Å². The number of nitrogens with two attached hydrogens (primary N) is 2. The van der Waals surface area contributed by atoms with Crippen LogP contribution in [0.25, 0.3) is 0 Å². The van der Waals surface area contributed by atoms with Crippen molar-refractivity contribution in [2.75, 3.05) is 0 Å². The van der Waals surface area contributed by atoms with Crippen LogP contribution >= 0.6 is 0 Å². The van der Waals surface area contributed by atoms with Crippen molar-refractivity contribution in [3.63, 3.8) is 0 Å². The zero-order valence-corrected chi connectivity index (χ0v) is 17.7. The Morgan fingerprint density at radius 2 is 1.39 bits per heavy atom. The van der Waals surface area contributed by atoms with Crippen LogP contribution in [0.3, 0.4) is 0 Å². The van der Waals surface area contributed by atoms with Crippen molar-refractivity contribution in [3.05, 3.63) is 0 Å². The molecule has 0 aliphatic carbocycles. The van der Waals surface area contributed by atoms with Gasteiger partial charge in [0, 0.05) is 6.42 Å². The van der Waals surface area contributed by atoms with Gasteiger partial charge >= 0.3 is 11.9 Å². The van der Waals surface area contributed by atoms with Crippen LogP contribution in [0.1, 0.15) is 46.5 Å². The molecule has 176 valence electrons. The van der Waals surface area contributed by atoms with Gasteiger partial charge in [-0.25, -0.2) is 4.79 Å². The molecule has 0 rings (SSSR count). The van der Waals surface area contributed by atoms with Crippen LogP contribution in [0.4, 0.5) is 0 Å². The van der Waals surface area contributed by atoms with Crippen molar-refractivity contribution in [3.8, 4) is 0 Å². The van der Waals surface area contributed by atoms with Crippen molar-refractivity contribution in [2.45, 2.75) is 70.6 Å². The summed E-state index contributed by atoms with van der Waals surface area (Å²) in [7, 11) is 0. The summed E-state index contributed by atoms with van der Waals surface area (Å²) in [6.07, 6.45) is -0.952. The number of hydrogen-bond acceptors (Lipinski definition) is 7. The molecule has 0 aliphatic heterocycles. The van der Waals surface area contributed by atoms with Gasteiger partial charge in [0.1, 0.15) is 18.1 Å². The lowest BCUT2D eigenvalue weighted by atomic mass is 10.0. The number of carboxylic acids is 2. The van der Waals surface area contributed by atoms with Gasteiger partial charge in [0.05, 0.1) is 12.5 Å². The van der Waals surface area contributed by atoms with Crippen molar-refractivity contribution in [2.24, 2.45) is 17.4 Å².